The summed E-state index contributed by atoms with van der Waals surface area (Å²) in [4.78, 5) is 4.46. The summed E-state index contributed by atoms with van der Waals surface area (Å²) in [5.74, 6) is 0.677. The molecule has 1 aromatic carbocycles. The smallest absolute Gasteiger partial charge is 0.214 e. The van der Waals surface area contributed by atoms with Gasteiger partial charge >= 0.3 is 0 Å². The van der Waals surface area contributed by atoms with Crippen LogP contribution in [-0.4, -0.2) is 11.1 Å². The maximum atomic E-state index is 5.57. The maximum Gasteiger partial charge on any atom is 0.214 e. The zero-order valence-corrected chi connectivity index (χ0v) is 9.55. The molecule has 2 rings (SSSR count). The van der Waals surface area contributed by atoms with Crippen molar-refractivity contribution in [3.05, 3.63) is 48.5 Å². The van der Waals surface area contributed by atoms with Gasteiger partial charge in [0.2, 0.25) is 5.88 Å². The van der Waals surface area contributed by atoms with Gasteiger partial charge in [-0.15, -0.1) is 0 Å². The van der Waals surface area contributed by atoms with Crippen LogP contribution in [0.3, 0.4) is 0 Å². The summed E-state index contributed by atoms with van der Waals surface area (Å²) in [6, 6.07) is 15.9. The lowest BCUT2D eigenvalue weighted by atomic mass is 10.1. The summed E-state index contributed by atoms with van der Waals surface area (Å²) >= 11 is 0. The van der Waals surface area contributed by atoms with Crippen molar-refractivity contribution in [3.63, 3.8) is 0 Å². The summed E-state index contributed by atoms with van der Waals surface area (Å²) in [6.45, 7) is 3.99. The predicted octanol–water partition coefficient (Wildman–Crippen LogP) is 3.54. The monoisotopic (exact) mass is 213 g/mol. The second-order valence-electron chi connectivity index (χ2n) is 3.89. The second kappa shape index (κ2) is 4.79. The summed E-state index contributed by atoms with van der Waals surface area (Å²) in [5.41, 5.74) is 2.05. The molecule has 1 aromatic heterocycles. The first-order valence-corrected chi connectivity index (χ1v) is 5.45. The van der Waals surface area contributed by atoms with E-state index in [1.54, 1.807) is 0 Å². The highest BCUT2D eigenvalue weighted by molar-refractivity contribution is 5.59. The third-order valence-corrected chi connectivity index (χ3v) is 2.15. The molecule has 2 aromatic rings. The molecule has 0 spiro atoms. The van der Waals surface area contributed by atoms with Crippen LogP contribution in [0.5, 0.6) is 5.88 Å². The van der Waals surface area contributed by atoms with Gasteiger partial charge in [0.25, 0.3) is 0 Å². The molecular weight excluding hydrogens is 198 g/mol. The molecule has 0 aliphatic heterocycles. The van der Waals surface area contributed by atoms with E-state index in [0.29, 0.717) is 5.88 Å². The van der Waals surface area contributed by atoms with Gasteiger partial charge in [-0.3, -0.25) is 0 Å². The Morgan fingerprint density at radius 1 is 0.938 bits per heavy atom. The van der Waals surface area contributed by atoms with Crippen LogP contribution in [0, 0.1) is 0 Å². The van der Waals surface area contributed by atoms with Crippen molar-refractivity contribution >= 4 is 0 Å². The van der Waals surface area contributed by atoms with E-state index in [1.807, 2.05) is 62.4 Å². The van der Waals surface area contributed by atoms with Gasteiger partial charge in [0.1, 0.15) is 0 Å². The topological polar surface area (TPSA) is 22.1 Å². The lowest BCUT2D eigenvalue weighted by Gasteiger charge is -2.09. The van der Waals surface area contributed by atoms with Gasteiger partial charge < -0.3 is 4.74 Å². The van der Waals surface area contributed by atoms with Gasteiger partial charge in [-0.2, -0.15) is 0 Å². The fourth-order valence-electron chi connectivity index (χ4n) is 1.49. The summed E-state index contributed by atoms with van der Waals surface area (Å²) < 4.78 is 5.57. The molecule has 82 valence electrons. The first kappa shape index (κ1) is 10.7. The molecule has 0 atom stereocenters. The number of hydrogen-bond acceptors (Lipinski definition) is 2. The Morgan fingerprint density at radius 2 is 1.69 bits per heavy atom. The number of ether oxygens (including phenoxy) is 1. The molecule has 0 N–H and O–H groups in total. The molecule has 2 heteroatoms. The van der Waals surface area contributed by atoms with E-state index in [0.717, 1.165) is 11.3 Å². The molecule has 0 fully saturated rings. The van der Waals surface area contributed by atoms with Crippen molar-refractivity contribution < 1.29 is 4.74 Å². The minimum atomic E-state index is 0.151. The van der Waals surface area contributed by atoms with Crippen LogP contribution in [0.1, 0.15) is 13.8 Å². The minimum Gasteiger partial charge on any atom is -0.475 e. The van der Waals surface area contributed by atoms with Crippen LogP contribution < -0.4 is 4.74 Å². The van der Waals surface area contributed by atoms with E-state index in [9.17, 15) is 0 Å². The number of nitrogens with zero attached hydrogens (tertiary/aromatic N) is 1. The van der Waals surface area contributed by atoms with E-state index >= 15 is 0 Å². The third-order valence-electron chi connectivity index (χ3n) is 2.15. The normalized spacial score (nSPS) is 10.4. The maximum absolute atomic E-state index is 5.57. The lowest BCUT2D eigenvalue weighted by Crippen LogP contribution is -2.06. The number of pyridine rings is 1. The molecule has 16 heavy (non-hydrogen) atoms. The zero-order valence-electron chi connectivity index (χ0n) is 9.55. The number of hydrogen-bond donors (Lipinski definition) is 0. The highest BCUT2D eigenvalue weighted by atomic mass is 16.5. The SMILES string of the molecule is CC(C)Oc1cccc(-c2ccccc2)n1. The third kappa shape index (κ3) is 2.60. The Morgan fingerprint density at radius 3 is 2.38 bits per heavy atom. The van der Waals surface area contributed by atoms with Gasteiger partial charge in [-0.1, -0.05) is 36.4 Å². The summed E-state index contributed by atoms with van der Waals surface area (Å²) in [7, 11) is 0. The molecule has 1 heterocycles. The van der Waals surface area contributed by atoms with Crippen LogP contribution >= 0.6 is 0 Å². The van der Waals surface area contributed by atoms with Crippen LogP contribution in [-0.2, 0) is 0 Å². The summed E-state index contributed by atoms with van der Waals surface area (Å²) in [5, 5.41) is 0. The fourth-order valence-corrected chi connectivity index (χ4v) is 1.49. The summed E-state index contributed by atoms with van der Waals surface area (Å²) in [6.07, 6.45) is 0.151. The van der Waals surface area contributed by atoms with Gasteiger partial charge in [-0.25, -0.2) is 4.98 Å². The lowest BCUT2D eigenvalue weighted by molar-refractivity contribution is 0.233. The molecular formula is C14H15NO. The Hall–Kier alpha value is -1.83. The Balaban J connectivity index is 2.29. The molecule has 0 aliphatic carbocycles. The Labute approximate surface area is 95.9 Å². The zero-order chi connectivity index (χ0) is 11.4. The average molecular weight is 213 g/mol. The minimum absolute atomic E-state index is 0.151. The van der Waals surface area contributed by atoms with Gasteiger partial charge in [0, 0.05) is 11.6 Å². The van der Waals surface area contributed by atoms with Crippen LogP contribution in [0.25, 0.3) is 11.3 Å². The molecule has 0 aliphatic rings. The largest absolute Gasteiger partial charge is 0.475 e. The highest BCUT2D eigenvalue weighted by Gasteiger charge is 2.02. The molecule has 0 saturated carbocycles. The van der Waals surface area contributed by atoms with Crippen molar-refractivity contribution in [1.29, 1.82) is 0 Å². The van der Waals surface area contributed by atoms with Gasteiger partial charge in [0.15, 0.2) is 0 Å². The molecule has 0 saturated heterocycles. The van der Waals surface area contributed by atoms with Crippen molar-refractivity contribution in [1.82, 2.24) is 4.98 Å². The van der Waals surface area contributed by atoms with E-state index < -0.39 is 0 Å². The number of aromatic nitrogens is 1. The van der Waals surface area contributed by atoms with Crippen molar-refractivity contribution in [2.75, 3.05) is 0 Å². The molecule has 0 amide bonds. The van der Waals surface area contributed by atoms with E-state index in [1.165, 1.54) is 0 Å². The number of rotatable bonds is 3. The van der Waals surface area contributed by atoms with Crippen molar-refractivity contribution in [2.45, 2.75) is 20.0 Å². The first-order chi connectivity index (χ1) is 7.75. The van der Waals surface area contributed by atoms with E-state index in [4.69, 9.17) is 4.74 Å². The van der Waals surface area contributed by atoms with Crippen LogP contribution in [0.15, 0.2) is 48.5 Å². The second-order valence-corrected chi connectivity index (χ2v) is 3.89. The van der Waals surface area contributed by atoms with Gasteiger partial charge in [-0.05, 0) is 19.9 Å². The van der Waals surface area contributed by atoms with Crippen molar-refractivity contribution in [3.8, 4) is 17.1 Å². The Bertz CT molecular complexity index is 451. The van der Waals surface area contributed by atoms with Crippen LogP contribution in [0.4, 0.5) is 0 Å². The average Bonchev–Trinajstić information content (AvgIpc) is 2.30. The quantitative estimate of drug-likeness (QED) is 0.778. The van der Waals surface area contributed by atoms with Crippen LogP contribution in [0.2, 0.25) is 0 Å². The molecule has 0 bridgehead atoms. The highest BCUT2D eigenvalue weighted by Crippen LogP contribution is 2.19. The molecule has 0 radical (unpaired) electrons. The van der Waals surface area contributed by atoms with Crippen molar-refractivity contribution in [2.24, 2.45) is 0 Å². The first-order valence-electron chi connectivity index (χ1n) is 5.45. The number of benzene rings is 1. The van der Waals surface area contributed by atoms with E-state index in [2.05, 4.69) is 4.98 Å². The van der Waals surface area contributed by atoms with Gasteiger partial charge in [0.05, 0.1) is 11.8 Å². The standard InChI is InChI=1S/C14H15NO/c1-11(2)16-14-10-6-9-13(15-14)12-7-4-3-5-8-12/h3-11H,1-2H3. The van der Waals surface area contributed by atoms with E-state index in [-0.39, 0.29) is 6.10 Å². The predicted molar refractivity (Wildman–Crippen MR) is 65.4 cm³/mol. The molecule has 0 unspecified atom stereocenters. The fraction of sp³-hybridized carbons (Fsp3) is 0.214. The Kier molecular flexibility index (Phi) is 3.20. The molecule has 2 nitrogen and oxygen atoms in total.